The zero-order chi connectivity index (χ0) is 25.8. The third-order valence-corrected chi connectivity index (χ3v) is 6.16. The number of hydrogen-bond donors (Lipinski definition) is 2. The van der Waals surface area contributed by atoms with E-state index < -0.39 is 17.7 Å². The lowest BCUT2D eigenvalue weighted by Crippen LogP contribution is -2.26. The summed E-state index contributed by atoms with van der Waals surface area (Å²) in [5.41, 5.74) is 4.90. The normalized spacial score (nSPS) is 13.7. The smallest absolute Gasteiger partial charge is 0.335 e. The van der Waals surface area contributed by atoms with Gasteiger partial charge in [0, 0.05) is 35.6 Å². The molecule has 1 aliphatic rings. The average Bonchev–Trinajstić information content (AvgIpc) is 2.88. The highest BCUT2D eigenvalue weighted by atomic mass is 16.4. The minimum absolute atomic E-state index is 0.0350. The van der Waals surface area contributed by atoms with Gasteiger partial charge in [-0.05, 0) is 74.9 Å². The van der Waals surface area contributed by atoms with Crippen LogP contribution in [-0.2, 0) is 4.79 Å². The number of aromatic carboxylic acids is 1. The van der Waals surface area contributed by atoms with Gasteiger partial charge in [0.25, 0.3) is 5.91 Å². The summed E-state index contributed by atoms with van der Waals surface area (Å²) in [5.74, 6) is -2.03. The molecule has 0 unspecified atom stereocenters. The predicted molar refractivity (Wildman–Crippen MR) is 142 cm³/mol. The van der Waals surface area contributed by atoms with Crippen molar-refractivity contribution in [2.24, 2.45) is 4.99 Å². The number of aryl methyl sites for hydroxylation is 1. The highest BCUT2D eigenvalue weighted by molar-refractivity contribution is 6.37. The number of ketones is 1. The monoisotopic (exact) mass is 481 g/mol. The van der Waals surface area contributed by atoms with E-state index in [4.69, 9.17) is 10.1 Å². The molecule has 36 heavy (non-hydrogen) atoms. The van der Waals surface area contributed by atoms with E-state index in [1.165, 1.54) is 30.3 Å². The molecule has 7 heteroatoms. The summed E-state index contributed by atoms with van der Waals surface area (Å²) < 4.78 is 0. The molecule has 4 rings (SSSR count). The largest absolute Gasteiger partial charge is 0.478 e. The van der Waals surface area contributed by atoms with Crippen LogP contribution in [0.3, 0.4) is 0 Å². The number of anilines is 2. The number of nitrogens with zero attached hydrogens (tertiary/aromatic N) is 2. The summed E-state index contributed by atoms with van der Waals surface area (Å²) in [6, 6.07) is 18.9. The van der Waals surface area contributed by atoms with Gasteiger partial charge in [-0.1, -0.05) is 24.3 Å². The SMILES string of the molecule is CCN(CC)c1ccc(N=C2C=C(C(=O)Nc3ccc(C(=O)O)cc3)C(=O)c3ccccc32)c(C)c1. The van der Waals surface area contributed by atoms with E-state index in [0.717, 1.165) is 30.0 Å². The number of fused-ring (bicyclic) bond motifs is 1. The van der Waals surface area contributed by atoms with Gasteiger partial charge in [0.15, 0.2) is 5.78 Å². The van der Waals surface area contributed by atoms with Crippen LogP contribution >= 0.6 is 0 Å². The Kier molecular flexibility index (Phi) is 7.10. The standard InChI is InChI=1S/C29H27N3O4/c1-4-32(5-2)21-14-15-25(18(3)16-21)31-26-17-24(27(33)23-9-7-6-8-22(23)26)28(34)30-20-12-10-19(11-13-20)29(35)36/h6-17H,4-5H2,1-3H3,(H,30,34)(H,35,36). The number of carboxylic acids is 1. The maximum atomic E-state index is 13.2. The maximum absolute atomic E-state index is 13.2. The Morgan fingerprint density at radius 1 is 0.944 bits per heavy atom. The summed E-state index contributed by atoms with van der Waals surface area (Å²) in [4.78, 5) is 44.4. The van der Waals surface area contributed by atoms with Crippen LogP contribution in [0.15, 0.2) is 83.4 Å². The molecule has 0 bridgehead atoms. The fourth-order valence-electron chi connectivity index (χ4n) is 4.17. The molecule has 0 saturated carbocycles. The molecule has 0 fully saturated rings. The van der Waals surface area contributed by atoms with Crippen LogP contribution in [0.5, 0.6) is 0 Å². The summed E-state index contributed by atoms with van der Waals surface area (Å²) in [5, 5.41) is 11.8. The van der Waals surface area contributed by atoms with E-state index >= 15 is 0 Å². The predicted octanol–water partition coefficient (Wildman–Crippen LogP) is 5.42. The first-order chi connectivity index (χ1) is 17.3. The number of nitrogens with one attached hydrogen (secondary N) is 1. The summed E-state index contributed by atoms with van der Waals surface area (Å²) in [6.45, 7) is 8.02. The first kappa shape index (κ1) is 24.6. The first-order valence-electron chi connectivity index (χ1n) is 11.8. The molecule has 182 valence electrons. The number of aliphatic imine (C=N–C) groups is 1. The molecular weight excluding hydrogens is 454 g/mol. The van der Waals surface area contributed by atoms with Gasteiger partial charge in [-0.3, -0.25) is 9.59 Å². The highest BCUT2D eigenvalue weighted by Crippen LogP contribution is 2.29. The number of Topliss-reactive ketones (excluding diaryl/α,β-unsaturated/α-hetero) is 1. The van der Waals surface area contributed by atoms with Crippen LogP contribution < -0.4 is 10.2 Å². The van der Waals surface area contributed by atoms with Crippen LogP contribution in [0, 0.1) is 6.92 Å². The van der Waals surface area contributed by atoms with Crippen LogP contribution in [0.25, 0.3) is 0 Å². The molecule has 1 aliphatic carbocycles. The molecule has 2 N–H and O–H groups in total. The van der Waals surface area contributed by atoms with Crippen LogP contribution in [0.4, 0.5) is 17.1 Å². The van der Waals surface area contributed by atoms with Gasteiger partial charge in [-0.2, -0.15) is 0 Å². The van der Waals surface area contributed by atoms with Gasteiger partial charge in [0.05, 0.1) is 22.5 Å². The zero-order valence-corrected chi connectivity index (χ0v) is 20.4. The number of benzene rings is 3. The zero-order valence-electron chi connectivity index (χ0n) is 20.4. The van der Waals surface area contributed by atoms with Crippen molar-refractivity contribution in [3.63, 3.8) is 0 Å². The Bertz CT molecular complexity index is 1400. The fraction of sp³-hybridized carbons (Fsp3) is 0.172. The van der Waals surface area contributed by atoms with Crippen molar-refractivity contribution >= 4 is 40.4 Å². The minimum Gasteiger partial charge on any atom is -0.478 e. The van der Waals surface area contributed by atoms with Gasteiger partial charge in [-0.15, -0.1) is 0 Å². The molecular formula is C29H27N3O4. The molecule has 0 saturated heterocycles. The van der Waals surface area contributed by atoms with Crippen molar-refractivity contribution in [3.05, 3.63) is 101 Å². The van der Waals surface area contributed by atoms with Crippen molar-refractivity contribution in [2.45, 2.75) is 20.8 Å². The van der Waals surface area contributed by atoms with Crippen molar-refractivity contribution in [1.82, 2.24) is 0 Å². The van der Waals surface area contributed by atoms with Crippen molar-refractivity contribution in [3.8, 4) is 0 Å². The molecule has 1 amide bonds. The molecule has 0 aromatic heterocycles. The third kappa shape index (κ3) is 4.95. The second kappa shape index (κ2) is 10.4. The molecule has 7 nitrogen and oxygen atoms in total. The van der Waals surface area contributed by atoms with Gasteiger partial charge >= 0.3 is 5.97 Å². The Balaban J connectivity index is 1.70. The lowest BCUT2D eigenvalue weighted by molar-refractivity contribution is -0.112. The molecule has 3 aromatic carbocycles. The number of amides is 1. The highest BCUT2D eigenvalue weighted by Gasteiger charge is 2.28. The second-order valence-corrected chi connectivity index (χ2v) is 8.41. The molecule has 0 heterocycles. The van der Waals surface area contributed by atoms with Gasteiger partial charge in [0.2, 0.25) is 0 Å². The number of carboxylic acid groups (broad SMARTS) is 1. The molecule has 0 radical (unpaired) electrons. The van der Waals surface area contributed by atoms with E-state index in [1.54, 1.807) is 12.1 Å². The van der Waals surface area contributed by atoms with Gasteiger partial charge in [0.1, 0.15) is 0 Å². The Hall–Kier alpha value is -4.52. The molecule has 0 atom stereocenters. The number of carbonyl (C=O) groups excluding carboxylic acids is 2. The van der Waals surface area contributed by atoms with E-state index in [-0.39, 0.29) is 11.1 Å². The number of rotatable bonds is 7. The minimum atomic E-state index is -1.06. The van der Waals surface area contributed by atoms with E-state index in [0.29, 0.717) is 22.5 Å². The Morgan fingerprint density at radius 3 is 2.22 bits per heavy atom. The van der Waals surface area contributed by atoms with E-state index in [2.05, 4.69) is 30.1 Å². The Labute approximate surface area is 209 Å². The van der Waals surface area contributed by atoms with Gasteiger partial charge < -0.3 is 15.3 Å². The average molecular weight is 482 g/mol. The lowest BCUT2D eigenvalue weighted by Gasteiger charge is -2.22. The summed E-state index contributed by atoms with van der Waals surface area (Å²) in [7, 11) is 0. The quantitative estimate of drug-likeness (QED) is 0.439. The molecule has 3 aromatic rings. The first-order valence-corrected chi connectivity index (χ1v) is 11.8. The Morgan fingerprint density at radius 2 is 1.61 bits per heavy atom. The lowest BCUT2D eigenvalue weighted by atomic mass is 9.88. The molecule has 0 spiro atoms. The van der Waals surface area contributed by atoms with Crippen molar-refractivity contribution in [2.75, 3.05) is 23.3 Å². The van der Waals surface area contributed by atoms with Crippen LogP contribution in [0.2, 0.25) is 0 Å². The third-order valence-electron chi connectivity index (χ3n) is 6.16. The van der Waals surface area contributed by atoms with Crippen LogP contribution in [0.1, 0.15) is 45.7 Å². The van der Waals surface area contributed by atoms with E-state index in [1.807, 2.05) is 31.2 Å². The van der Waals surface area contributed by atoms with Gasteiger partial charge in [-0.25, -0.2) is 9.79 Å². The van der Waals surface area contributed by atoms with Crippen LogP contribution in [-0.4, -0.2) is 41.6 Å². The van der Waals surface area contributed by atoms with Crippen molar-refractivity contribution in [1.29, 1.82) is 0 Å². The number of hydrogen-bond acceptors (Lipinski definition) is 5. The number of allylic oxidation sites excluding steroid dienone is 1. The topological polar surface area (TPSA) is 99.1 Å². The molecule has 0 aliphatic heterocycles. The summed E-state index contributed by atoms with van der Waals surface area (Å²) >= 11 is 0. The van der Waals surface area contributed by atoms with Crippen molar-refractivity contribution < 1.29 is 19.5 Å². The number of carbonyl (C=O) groups is 3. The second-order valence-electron chi connectivity index (χ2n) is 8.41. The fourth-order valence-corrected chi connectivity index (χ4v) is 4.17. The van der Waals surface area contributed by atoms with E-state index in [9.17, 15) is 14.4 Å². The maximum Gasteiger partial charge on any atom is 0.335 e. The summed E-state index contributed by atoms with van der Waals surface area (Å²) in [6.07, 6.45) is 1.52.